The SMILES string of the molecule is COc1ccccc1C(c1c(O)nc2n(c1=O)CCS2)c1c(O)nc2n(c1=O)CCS2. The molecule has 0 bridgehead atoms. The number of para-hydroxylation sites is 1. The highest BCUT2D eigenvalue weighted by atomic mass is 32.2. The Labute approximate surface area is 184 Å². The van der Waals surface area contributed by atoms with E-state index in [1.807, 2.05) is 0 Å². The zero-order chi connectivity index (χ0) is 21.7. The van der Waals surface area contributed by atoms with E-state index >= 15 is 0 Å². The average molecular weight is 459 g/mol. The van der Waals surface area contributed by atoms with Gasteiger partial charge in [-0.2, -0.15) is 9.97 Å². The lowest BCUT2D eigenvalue weighted by Crippen LogP contribution is -2.32. The average Bonchev–Trinajstić information content (AvgIpc) is 3.42. The van der Waals surface area contributed by atoms with Crippen LogP contribution in [-0.4, -0.2) is 47.9 Å². The molecule has 0 aliphatic carbocycles. The van der Waals surface area contributed by atoms with E-state index in [1.54, 1.807) is 24.3 Å². The first-order chi connectivity index (χ1) is 15.0. The maximum atomic E-state index is 13.4. The molecule has 0 fully saturated rings. The summed E-state index contributed by atoms with van der Waals surface area (Å²) in [6, 6.07) is 6.88. The summed E-state index contributed by atoms with van der Waals surface area (Å²) in [5.41, 5.74) is -0.637. The van der Waals surface area contributed by atoms with Crippen LogP contribution in [0.3, 0.4) is 0 Å². The van der Waals surface area contributed by atoms with Crippen molar-refractivity contribution in [2.24, 2.45) is 0 Å². The van der Waals surface area contributed by atoms with Gasteiger partial charge in [0.05, 0.1) is 24.2 Å². The first-order valence-corrected chi connectivity index (χ1v) is 11.5. The lowest BCUT2D eigenvalue weighted by Gasteiger charge is -2.22. The van der Waals surface area contributed by atoms with Crippen molar-refractivity contribution in [3.05, 3.63) is 61.7 Å². The zero-order valence-corrected chi connectivity index (χ0v) is 18.1. The second-order valence-electron chi connectivity index (χ2n) is 7.05. The molecule has 0 unspecified atom stereocenters. The molecule has 31 heavy (non-hydrogen) atoms. The van der Waals surface area contributed by atoms with Crippen LogP contribution in [0.4, 0.5) is 0 Å². The smallest absolute Gasteiger partial charge is 0.262 e. The number of aromatic hydroxyl groups is 2. The minimum atomic E-state index is -1.11. The topological polar surface area (TPSA) is 119 Å². The van der Waals surface area contributed by atoms with Gasteiger partial charge in [-0.1, -0.05) is 41.7 Å². The number of methoxy groups -OCH3 is 1. The van der Waals surface area contributed by atoms with Gasteiger partial charge in [0, 0.05) is 30.2 Å². The van der Waals surface area contributed by atoms with Crippen LogP contribution in [0.15, 0.2) is 44.2 Å². The van der Waals surface area contributed by atoms with Crippen LogP contribution < -0.4 is 15.9 Å². The van der Waals surface area contributed by atoms with Crippen molar-refractivity contribution in [2.45, 2.75) is 29.3 Å². The van der Waals surface area contributed by atoms with Crippen LogP contribution in [0.5, 0.6) is 17.5 Å². The molecule has 1 aromatic carbocycles. The van der Waals surface area contributed by atoms with Crippen molar-refractivity contribution in [1.29, 1.82) is 0 Å². The molecule has 2 aliphatic heterocycles. The molecule has 0 saturated carbocycles. The van der Waals surface area contributed by atoms with Crippen LogP contribution in [-0.2, 0) is 13.1 Å². The summed E-state index contributed by atoms with van der Waals surface area (Å²) < 4.78 is 8.44. The highest BCUT2D eigenvalue weighted by Crippen LogP contribution is 2.41. The van der Waals surface area contributed by atoms with Gasteiger partial charge < -0.3 is 14.9 Å². The highest BCUT2D eigenvalue weighted by molar-refractivity contribution is 7.99. The molecular formula is C20H18N4O5S2. The molecule has 160 valence electrons. The Balaban J connectivity index is 1.86. The summed E-state index contributed by atoms with van der Waals surface area (Å²) in [5, 5.41) is 22.4. The van der Waals surface area contributed by atoms with Crippen LogP contribution in [0.2, 0.25) is 0 Å². The maximum absolute atomic E-state index is 13.4. The third-order valence-corrected chi connectivity index (χ3v) is 7.33. The molecule has 11 heteroatoms. The highest BCUT2D eigenvalue weighted by Gasteiger charge is 2.36. The number of fused-ring (bicyclic) bond motifs is 2. The van der Waals surface area contributed by atoms with Crippen LogP contribution in [0, 0.1) is 0 Å². The molecule has 2 aliphatic rings. The van der Waals surface area contributed by atoms with E-state index in [2.05, 4.69) is 9.97 Å². The van der Waals surface area contributed by atoms with Gasteiger partial charge in [0.1, 0.15) is 5.75 Å². The van der Waals surface area contributed by atoms with Crippen molar-refractivity contribution in [1.82, 2.24) is 19.1 Å². The van der Waals surface area contributed by atoms with E-state index in [1.165, 1.54) is 39.8 Å². The van der Waals surface area contributed by atoms with E-state index in [4.69, 9.17) is 4.74 Å². The van der Waals surface area contributed by atoms with Gasteiger partial charge in [0.2, 0.25) is 11.8 Å². The Kier molecular flexibility index (Phi) is 4.94. The Morgan fingerprint density at radius 2 is 1.45 bits per heavy atom. The van der Waals surface area contributed by atoms with Crippen molar-refractivity contribution >= 4 is 23.5 Å². The predicted octanol–water partition coefficient (Wildman–Crippen LogP) is 1.61. The second-order valence-corrected chi connectivity index (χ2v) is 9.17. The minimum Gasteiger partial charge on any atom is -0.496 e. The molecule has 5 rings (SSSR count). The number of ether oxygens (including phenoxy) is 1. The molecule has 0 spiro atoms. The van der Waals surface area contributed by atoms with Crippen LogP contribution in [0.1, 0.15) is 22.6 Å². The standard InChI is InChI=1S/C20H18N4O5S2/c1-29-11-5-3-2-4-10(11)12(13-15(25)21-19-23(17(13)27)6-8-30-19)14-16(26)22-20-24(18(14)28)7-9-31-20/h2-5,12,25-26H,6-9H2,1H3. The maximum Gasteiger partial charge on any atom is 0.262 e. The number of nitrogens with zero attached hydrogens (tertiary/aromatic N) is 4. The van der Waals surface area contributed by atoms with Crippen molar-refractivity contribution in [3.63, 3.8) is 0 Å². The number of aromatic nitrogens is 4. The molecule has 0 saturated heterocycles. The summed E-state index contributed by atoms with van der Waals surface area (Å²) in [7, 11) is 1.48. The molecule has 9 nitrogen and oxygen atoms in total. The quantitative estimate of drug-likeness (QED) is 0.562. The fourth-order valence-electron chi connectivity index (χ4n) is 4.01. The number of hydrogen-bond donors (Lipinski definition) is 2. The molecule has 4 heterocycles. The molecule has 2 N–H and O–H groups in total. The van der Waals surface area contributed by atoms with Crippen molar-refractivity contribution in [2.75, 3.05) is 18.6 Å². The van der Waals surface area contributed by atoms with E-state index < -0.39 is 28.8 Å². The van der Waals surface area contributed by atoms with E-state index in [9.17, 15) is 19.8 Å². The minimum absolute atomic E-state index is 0.0869. The number of rotatable bonds is 4. The Morgan fingerprint density at radius 3 is 1.97 bits per heavy atom. The van der Waals surface area contributed by atoms with Gasteiger partial charge in [0.25, 0.3) is 11.1 Å². The van der Waals surface area contributed by atoms with Crippen LogP contribution >= 0.6 is 23.5 Å². The van der Waals surface area contributed by atoms with Gasteiger partial charge in [-0.25, -0.2) is 0 Å². The molecular weight excluding hydrogens is 440 g/mol. The molecule has 0 atom stereocenters. The van der Waals surface area contributed by atoms with Crippen molar-refractivity contribution in [3.8, 4) is 17.5 Å². The predicted molar refractivity (Wildman–Crippen MR) is 116 cm³/mol. The molecule has 0 radical (unpaired) electrons. The molecule has 3 aromatic rings. The Hall–Kier alpha value is -2.92. The summed E-state index contributed by atoms with van der Waals surface area (Å²) >= 11 is 2.75. The molecule has 0 amide bonds. The monoisotopic (exact) mass is 458 g/mol. The van der Waals surface area contributed by atoms with Gasteiger partial charge in [-0.3, -0.25) is 18.7 Å². The van der Waals surface area contributed by atoms with E-state index in [-0.39, 0.29) is 11.1 Å². The summed E-state index contributed by atoms with van der Waals surface area (Å²) in [6.45, 7) is 0.892. The first-order valence-electron chi connectivity index (χ1n) is 9.57. The Bertz CT molecular complexity index is 1240. The van der Waals surface area contributed by atoms with Crippen molar-refractivity contribution < 1.29 is 14.9 Å². The number of benzene rings is 1. The number of hydrogen-bond acceptors (Lipinski definition) is 9. The summed E-state index contributed by atoms with van der Waals surface area (Å²) in [4.78, 5) is 35.2. The van der Waals surface area contributed by atoms with Gasteiger partial charge in [-0.15, -0.1) is 0 Å². The van der Waals surface area contributed by atoms with E-state index in [0.717, 1.165) is 0 Å². The van der Waals surface area contributed by atoms with E-state index in [0.29, 0.717) is 46.2 Å². The third kappa shape index (κ3) is 3.10. The van der Waals surface area contributed by atoms with Gasteiger partial charge >= 0.3 is 0 Å². The zero-order valence-electron chi connectivity index (χ0n) is 16.4. The number of thioether (sulfide) groups is 2. The van der Waals surface area contributed by atoms with Gasteiger partial charge in [0.15, 0.2) is 10.3 Å². The largest absolute Gasteiger partial charge is 0.496 e. The fourth-order valence-corrected chi connectivity index (χ4v) is 5.89. The fraction of sp³-hybridized carbons (Fsp3) is 0.300. The lowest BCUT2D eigenvalue weighted by molar-refractivity contribution is 0.399. The Morgan fingerprint density at radius 1 is 0.935 bits per heavy atom. The summed E-state index contributed by atoms with van der Waals surface area (Å²) in [5.74, 6) is -0.320. The van der Waals surface area contributed by atoms with Crippen LogP contribution in [0.25, 0.3) is 0 Å². The third-order valence-electron chi connectivity index (χ3n) is 5.42. The summed E-state index contributed by atoms with van der Waals surface area (Å²) in [6.07, 6.45) is 0. The lowest BCUT2D eigenvalue weighted by atomic mass is 9.86. The first kappa shape index (κ1) is 20.0. The van der Waals surface area contributed by atoms with Gasteiger partial charge in [-0.05, 0) is 6.07 Å². The molecule has 2 aromatic heterocycles. The normalized spacial score (nSPS) is 14.6. The second kappa shape index (κ2) is 7.65.